The van der Waals surface area contributed by atoms with Crippen LogP contribution in [0.25, 0.3) is 11.3 Å². The molecule has 1 aromatic heterocycles. The summed E-state index contributed by atoms with van der Waals surface area (Å²) in [5, 5.41) is 12.1. The van der Waals surface area contributed by atoms with E-state index in [1.54, 1.807) is 7.11 Å². The number of anilines is 1. The number of benzene rings is 1. The van der Waals surface area contributed by atoms with Gasteiger partial charge >= 0.3 is 6.09 Å². The molecule has 2 fully saturated rings. The van der Waals surface area contributed by atoms with Crippen LogP contribution in [-0.4, -0.2) is 72.4 Å². The molecule has 1 aromatic carbocycles. The third-order valence-corrected chi connectivity index (χ3v) is 8.21. The van der Waals surface area contributed by atoms with Crippen molar-refractivity contribution in [2.24, 2.45) is 0 Å². The molecule has 2 aromatic rings. The molecule has 2 aliphatic rings. The number of carbonyl (C=O) groups is 2. The summed E-state index contributed by atoms with van der Waals surface area (Å²) in [4.78, 5) is 33.2. The lowest BCUT2D eigenvalue weighted by molar-refractivity contribution is -0.129. The van der Waals surface area contributed by atoms with Gasteiger partial charge in [0.1, 0.15) is 16.9 Å². The maximum Gasteiger partial charge on any atom is 0.407 e. The highest BCUT2D eigenvalue weighted by molar-refractivity contribution is 7.14. The van der Waals surface area contributed by atoms with Gasteiger partial charge in [0.15, 0.2) is 5.13 Å². The largest absolute Gasteiger partial charge is 0.496 e. The lowest BCUT2D eigenvalue weighted by atomic mass is 9.85. The molecule has 3 heterocycles. The molecular formula is C29H43N5O4S. The van der Waals surface area contributed by atoms with E-state index in [0.29, 0.717) is 24.5 Å². The van der Waals surface area contributed by atoms with Crippen LogP contribution in [0.15, 0.2) is 23.6 Å². The molecule has 3 N–H and O–H groups in total. The molecule has 39 heavy (non-hydrogen) atoms. The molecule has 2 amide bonds. The van der Waals surface area contributed by atoms with E-state index in [4.69, 9.17) is 14.5 Å². The molecule has 0 spiro atoms. The predicted octanol–water partition coefficient (Wildman–Crippen LogP) is 4.82. The summed E-state index contributed by atoms with van der Waals surface area (Å²) >= 11 is 1.43. The van der Waals surface area contributed by atoms with Gasteiger partial charge in [-0.2, -0.15) is 0 Å². The Balaban J connectivity index is 1.47. The van der Waals surface area contributed by atoms with Crippen molar-refractivity contribution >= 4 is 28.5 Å². The van der Waals surface area contributed by atoms with Crippen LogP contribution in [0.1, 0.15) is 65.4 Å². The molecule has 0 radical (unpaired) electrons. The zero-order valence-electron chi connectivity index (χ0n) is 23.9. The first-order valence-electron chi connectivity index (χ1n) is 14.0. The van der Waals surface area contributed by atoms with Gasteiger partial charge in [-0.25, -0.2) is 9.78 Å². The first-order chi connectivity index (χ1) is 18.6. The van der Waals surface area contributed by atoms with Crippen molar-refractivity contribution in [2.45, 2.75) is 83.4 Å². The molecule has 0 saturated carbocycles. The van der Waals surface area contributed by atoms with Crippen molar-refractivity contribution in [1.29, 1.82) is 0 Å². The van der Waals surface area contributed by atoms with Gasteiger partial charge in [-0.3, -0.25) is 9.69 Å². The Hall–Kier alpha value is -2.69. The summed E-state index contributed by atoms with van der Waals surface area (Å²) in [7, 11) is 1.67. The molecule has 214 valence electrons. The van der Waals surface area contributed by atoms with Gasteiger partial charge in [-0.05, 0) is 83.7 Å². The minimum Gasteiger partial charge on any atom is -0.496 e. The minimum atomic E-state index is -0.654. The Morgan fingerprint density at radius 3 is 2.72 bits per heavy atom. The number of methoxy groups -OCH3 is 1. The molecule has 0 bridgehead atoms. The second kappa shape index (κ2) is 12.7. The van der Waals surface area contributed by atoms with E-state index >= 15 is 0 Å². The molecular weight excluding hydrogens is 514 g/mol. The lowest BCUT2D eigenvalue weighted by Gasteiger charge is -2.43. The summed E-state index contributed by atoms with van der Waals surface area (Å²) < 4.78 is 11.1. The van der Waals surface area contributed by atoms with Crippen LogP contribution in [0.3, 0.4) is 0 Å². The second-order valence-electron chi connectivity index (χ2n) is 11.5. The van der Waals surface area contributed by atoms with Crippen molar-refractivity contribution in [3.05, 3.63) is 29.1 Å². The number of amides is 2. The Morgan fingerprint density at radius 2 is 2.03 bits per heavy atom. The number of thiazole rings is 1. The molecule has 2 saturated heterocycles. The van der Waals surface area contributed by atoms with Gasteiger partial charge < -0.3 is 25.4 Å². The number of hydrogen-bond donors (Lipinski definition) is 3. The van der Waals surface area contributed by atoms with E-state index in [9.17, 15) is 9.59 Å². The monoisotopic (exact) mass is 557 g/mol. The number of hydrogen-bond acceptors (Lipinski definition) is 8. The van der Waals surface area contributed by atoms with Crippen LogP contribution >= 0.6 is 11.3 Å². The summed E-state index contributed by atoms with van der Waals surface area (Å²) in [6, 6.07) is 6.19. The normalized spacial score (nSPS) is 19.5. The predicted molar refractivity (Wildman–Crippen MR) is 156 cm³/mol. The van der Waals surface area contributed by atoms with E-state index in [2.05, 4.69) is 39.9 Å². The molecule has 10 heteroatoms. The molecule has 4 rings (SSSR count). The van der Waals surface area contributed by atoms with Crippen LogP contribution in [0, 0.1) is 0 Å². The number of piperidine rings is 1. The summed E-state index contributed by atoms with van der Waals surface area (Å²) in [6.07, 6.45) is 5.04. The average molecular weight is 558 g/mol. The fourth-order valence-corrected chi connectivity index (χ4v) is 6.13. The number of likely N-dealkylation sites (tertiary alicyclic amines) is 1. The van der Waals surface area contributed by atoms with E-state index < -0.39 is 17.2 Å². The summed E-state index contributed by atoms with van der Waals surface area (Å²) in [5.74, 6) is 0.736. The third kappa shape index (κ3) is 7.29. The molecule has 1 unspecified atom stereocenters. The number of aryl methyl sites for hydroxylation is 1. The minimum absolute atomic E-state index is 0.0357. The number of nitrogens with one attached hydrogen (secondary N) is 3. The Morgan fingerprint density at radius 1 is 1.26 bits per heavy atom. The van der Waals surface area contributed by atoms with Crippen molar-refractivity contribution in [2.75, 3.05) is 38.6 Å². The highest BCUT2D eigenvalue weighted by atomic mass is 32.1. The fourth-order valence-electron chi connectivity index (χ4n) is 5.43. The Labute approximate surface area is 236 Å². The van der Waals surface area contributed by atoms with Gasteiger partial charge in [0.25, 0.3) is 0 Å². The first-order valence-corrected chi connectivity index (χ1v) is 14.9. The number of carbonyl (C=O) groups excluding carboxylic acids is 2. The van der Waals surface area contributed by atoms with Gasteiger partial charge in [-0.15, -0.1) is 11.3 Å². The third-order valence-electron chi connectivity index (χ3n) is 7.45. The number of aromatic nitrogens is 1. The highest BCUT2D eigenvalue weighted by Crippen LogP contribution is 2.35. The van der Waals surface area contributed by atoms with Gasteiger partial charge in [0.05, 0.1) is 12.8 Å². The molecule has 9 nitrogen and oxygen atoms in total. The van der Waals surface area contributed by atoms with Crippen LogP contribution in [0.5, 0.6) is 5.75 Å². The van der Waals surface area contributed by atoms with Crippen LogP contribution in [0.4, 0.5) is 9.93 Å². The van der Waals surface area contributed by atoms with Gasteiger partial charge in [-0.1, -0.05) is 19.4 Å². The first kappa shape index (κ1) is 29.3. The van der Waals surface area contributed by atoms with E-state index in [1.165, 1.54) is 16.9 Å². The standard InChI is InChI=1S/C29H43N5O4S/c1-6-7-8-20-9-10-24(37-5)22(17-20)23-19-39-26(32-23)33-25(35)29(12-14-30-15-13-29)34-16-11-21(18-34)31-27(36)38-28(2,3)4/h9-10,17,19,21,30H,6-8,11-16,18H2,1-5H3,(H,31,36)(H,32,33,35). The lowest BCUT2D eigenvalue weighted by Crippen LogP contribution is -2.61. The van der Waals surface area contributed by atoms with Crippen molar-refractivity contribution < 1.29 is 19.1 Å². The number of unbranched alkanes of at least 4 members (excludes halogenated alkanes) is 1. The molecule has 0 aliphatic carbocycles. The topological polar surface area (TPSA) is 105 Å². The maximum atomic E-state index is 13.9. The van der Waals surface area contributed by atoms with E-state index in [1.807, 2.05) is 32.2 Å². The number of ether oxygens (including phenoxy) is 2. The zero-order valence-corrected chi connectivity index (χ0v) is 24.7. The molecule has 1 atom stereocenters. The Bertz CT molecular complexity index is 1140. The smallest absolute Gasteiger partial charge is 0.407 e. The zero-order chi connectivity index (χ0) is 28.0. The average Bonchev–Trinajstić information content (AvgIpc) is 3.56. The van der Waals surface area contributed by atoms with E-state index in [0.717, 1.165) is 62.3 Å². The number of rotatable bonds is 9. The SMILES string of the molecule is CCCCc1ccc(OC)c(-c2csc(NC(=O)C3(N4CCC(NC(=O)OC(C)(C)C)C4)CCNCC3)n2)c1. The molecule has 2 aliphatic heterocycles. The summed E-state index contributed by atoms with van der Waals surface area (Å²) in [5.41, 5.74) is 1.79. The van der Waals surface area contributed by atoms with Crippen LogP contribution < -0.4 is 20.7 Å². The van der Waals surface area contributed by atoms with Gasteiger partial charge in [0, 0.05) is 30.1 Å². The van der Waals surface area contributed by atoms with Crippen molar-refractivity contribution in [3.63, 3.8) is 0 Å². The number of alkyl carbamates (subject to hydrolysis) is 1. The van der Waals surface area contributed by atoms with Crippen LogP contribution in [0.2, 0.25) is 0 Å². The van der Waals surface area contributed by atoms with Crippen molar-refractivity contribution in [3.8, 4) is 17.0 Å². The maximum absolute atomic E-state index is 13.9. The fraction of sp³-hybridized carbons (Fsp3) is 0.621. The van der Waals surface area contributed by atoms with Crippen molar-refractivity contribution in [1.82, 2.24) is 20.5 Å². The van der Waals surface area contributed by atoms with Crippen LogP contribution in [-0.2, 0) is 16.0 Å². The quantitative estimate of drug-likeness (QED) is 0.406. The number of nitrogens with zero attached hydrogens (tertiary/aromatic N) is 2. The van der Waals surface area contributed by atoms with E-state index in [-0.39, 0.29) is 11.9 Å². The van der Waals surface area contributed by atoms with Gasteiger partial charge in [0.2, 0.25) is 5.91 Å². The summed E-state index contributed by atoms with van der Waals surface area (Å²) in [6.45, 7) is 10.6. The second-order valence-corrected chi connectivity index (χ2v) is 12.3. The Kier molecular flexibility index (Phi) is 9.51. The highest BCUT2D eigenvalue weighted by Gasteiger charge is 2.47.